The average molecular weight is 566 g/mol. The molecular formula is C26H30Cl2N4O4S. The Hall–Kier alpha value is -2.43. The van der Waals surface area contributed by atoms with Gasteiger partial charge in [0.15, 0.2) is 0 Å². The monoisotopic (exact) mass is 564 g/mol. The van der Waals surface area contributed by atoms with Gasteiger partial charge in [0.05, 0.1) is 17.6 Å². The summed E-state index contributed by atoms with van der Waals surface area (Å²) in [5, 5.41) is 11.2. The zero-order valence-corrected chi connectivity index (χ0v) is 23.5. The summed E-state index contributed by atoms with van der Waals surface area (Å²) in [6.45, 7) is 7.97. The van der Waals surface area contributed by atoms with Gasteiger partial charge in [-0.15, -0.1) is 0 Å². The number of ether oxygens (including phenoxy) is 1. The van der Waals surface area contributed by atoms with Gasteiger partial charge in [0, 0.05) is 46.9 Å². The van der Waals surface area contributed by atoms with E-state index in [1.807, 2.05) is 43.3 Å². The van der Waals surface area contributed by atoms with Crippen molar-refractivity contribution < 1.29 is 18.3 Å². The highest BCUT2D eigenvalue weighted by Gasteiger charge is 2.37. The van der Waals surface area contributed by atoms with Crippen LogP contribution in [0.1, 0.15) is 43.2 Å². The van der Waals surface area contributed by atoms with E-state index >= 15 is 0 Å². The molecule has 0 unspecified atom stereocenters. The van der Waals surface area contributed by atoms with Gasteiger partial charge in [-0.2, -0.15) is 0 Å². The largest absolute Gasteiger partial charge is 0.487 e. The van der Waals surface area contributed by atoms with Crippen molar-refractivity contribution in [2.45, 2.75) is 44.9 Å². The van der Waals surface area contributed by atoms with Gasteiger partial charge in [0.1, 0.15) is 12.4 Å². The second-order valence-corrected chi connectivity index (χ2v) is 12.8. The van der Waals surface area contributed by atoms with Crippen LogP contribution >= 0.6 is 23.2 Å². The fourth-order valence-electron chi connectivity index (χ4n) is 4.35. The smallest absolute Gasteiger partial charge is 0.236 e. The molecule has 0 spiro atoms. The molecule has 0 aliphatic carbocycles. The van der Waals surface area contributed by atoms with Crippen LogP contribution in [0.3, 0.4) is 0 Å². The highest BCUT2D eigenvalue weighted by Crippen LogP contribution is 2.38. The van der Waals surface area contributed by atoms with E-state index in [0.29, 0.717) is 41.1 Å². The molecule has 37 heavy (non-hydrogen) atoms. The van der Waals surface area contributed by atoms with Crippen LogP contribution in [0.5, 0.6) is 5.75 Å². The molecule has 2 aromatic carbocycles. The molecule has 0 bridgehead atoms. The number of halogens is 2. The van der Waals surface area contributed by atoms with E-state index in [9.17, 15) is 13.5 Å². The Morgan fingerprint density at radius 2 is 1.73 bits per heavy atom. The number of nitrogens with one attached hydrogen (secondary N) is 1. The average Bonchev–Trinajstić information content (AvgIpc) is 2.78. The second-order valence-electron chi connectivity index (χ2n) is 10.2. The van der Waals surface area contributed by atoms with Gasteiger partial charge in [-0.3, -0.25) is 9.62 Å². The number of hydrogen-bond acceptors (Lipinski definition) is 7. The van der Waals surface area contributed by atoms with Crippen molar-refractivity contribution >= 4 is 39.2 Å². The predicted octanol–water partition coefficient (Wildman–Crippen LogP) is 4.63. The molecule has 3 aromatic rings. The van der Waals surface area contributed by atoms with Gasteiger partial charge < -0.3 is 9.84 Å². The van der Waals surface area contributed by atoms with E-state index in [4.69, 9.17) is 27.9 Å². The van der Waals surface area contributed by atoms with Crippen molar-refractivity contribution in [3.05, 3.63) is 81.1 Å². The van der Waals surface area contributed by atoms with Crippen LogP contribution in [-0.4, -0.2) is 53.3 Å². The zero-order chi connectivity index (χ0) is 27.0. The minimum Gasteiger partial charge on any atom is -0.487 e. The third-order valence-corrected chi connectivity index (χ3v) is 7.55. The molecule has 0 amide bonds. The third kappa shape index (κ3) is 6.91. The molecule has 1 saturated heterocycles. The minimum absolute atomic E-state index is 0.000726. The maximum Gasteiger partial charge on any atom is 0.236 e. The molecule has 2 heterocycles. The standard InChI is InChI=1S/C26H30Cl2N4O4S/c1-25(2,18-11-22(27)21(23(28)12-18)13-32-15-26(3,33)16-32)17-5-7-20(8-6-17)36-14-19-9-10-29-24(30-19)31-37(4,34)35/h5-12,33H,13-16H2,1-4H3,(H,29,30,31). The van der Waals surface area contributed by atoms with Crippen molar-refractivity contribution in [1.82, 2.24) is 14.9 Å². The molecule has 11 heteroatoms. The van der Waals surface area contributed by atoms with Crippen LogP contribution in [0, 0.1) is 0 Å². The highest BCUT2D eigenvalue weighted by molar-refractivity contribution is 7.91. The van der Waals surface area contributed by atoms with E-state index < -0.39 is 15.6 Å². The summed E-state index contributed by atoms with van der Waals surface area (Å²) >= 11 is 13.3. The number of aromatic nitrogens is 2. The quantitative estimate of drug-likeness (QED) is 0.390. The molecule has 8 nitrogen and oxygen atoms in total. The predicted molar refractivity (Wildman–Crippen MR) is 146 cm³/mol. The summed E-state index contributed by atoms with van der Waals surface area (Å²) in [7, 11) is -3.46. The summed E-state index contributed by atoms with van der Waals surface area (Å²) in [6, 6.07) is 13.3. The lowest BCUT2D eigenvalue weighted by molar-refractivity contribution is -0.0871. The van der Waals surface area contributed by atoms with Crippen molar-refractivity contribution in [2.24, 2.45) is 0 Å². The molecule has 0 atom stereocenters. The lowest BCUT2D eigenvalue weighted by Gasteiger charge is -2.44. The van der Waals surface area contributed by atoms with E-state index in [1.54, 1.807) is 6.07 Å². The fraction of sp³-hybridized carbons (Fsp3) is 0.385. The molecule has 0 radical (unpaired) electrons. The maximum absolute atomic E-state index is 11.4. The summed E-state index contributed by atoms with van der Waals surface area (Å²) in [6.07, 6.45) is 2.51. The van der Waals surface area contributed by atoms with Gasteiger partial charge in [-0.05, 0) is 48.4 Å². The first-order chi connectivity index (χ1) is 17.2. The number of rotatable bonds is 9. The SMILES string of the molecule is CC1(O)CN(Cc2c(Cl)cc(C(C)(C)c3ccc(OCc4ccnc(NS(C)(=O)=O)n4)cc3)cc2Cl)C1. The first-order valence-electron chi connectivity index (χ1n) is 11.7. The lowest BCUT2D eigenvalue weighted by atomic mass is 9.78. The molecule has 1 fully saturated rings. The number of hydrogen-bond donors (Lipinski definition) is 2. The number of likely N-dealkylation sites (tertiary alicyclic amines) is 1. The molecule has 1 aliphatic heterocycles. The summed E-state index contributed by atoms with van der Waals surface area (Å²) < 4.78 is 30.9. The first-order valence-corrected chi connectivity index (χ1v) is 14.3. The Morgan fingerprint density at radius 3 is 2.30 bits per heavy atom. The van der Waals surface area contributed by atoms with Crippen LogP contribution in [-0.2, 0) is 28.6 Å². The van der Waals surface area contributed by atoms with Gasteiger partial charge >= 0.3 is 0 Å². The van der Waals surface area contributed by atoms with Crippen LogP contribution in [0.4, 0.5) is 5.95 Å². The number of β-amino-alcohol motifs (C(OH)–C–C–N with tert-alkyl or cyclic N) is 1. The fourth-order valence-corrected chi connectivity index (χ4v) is 5.39. The molecule has 198 valence electrons. The molecule has 1 aromatic heterocycles. The van der Waals surface area contributed by atoms with E-state index in [2.05, 4.69) is 33.4 Å². The van der Waals surface area contributed by atoms with Crippen molar-refractivity contribution in [3.63, 3.8) is 0 Å². The Bertz CT molecular complexity index is 1360. The van der Waals surface area contributed by atoms with Crippen LogP contribution in [0.25, 0.3) is 0 Å². The second kappa shape index (κ2) is 10.4. The minimum atomic E-state index is -3.46. The van der Waals surface area contributed by atoms with E-state index in [1.165, 1.54) is 6.20 Å². The van der Waals surface area contributed by atoms with Crippen molar-refractivity contribution in [3.8, 4) is 5.75 Å². The molecule has 2 N–H and O–H groups in total. The van der Waals surface area contributed by atoms with Gasteiger partial charge in [0.25, 0.3) is 0 Å². The Morgan fingerprint density at radius 1 is 1.11 bits per heavy atom. The summed E-state index contributed by atoms with van der Waals surface area (Å²) in [4.78, 5) is 10.2. The van der Waals surface area contributed by atoms with E-state index in [0.717, 1.165) is 22.9 Å². The van der Waals surface area contributed by atoms with Crippen molar-refractivity contribution in [2.75, 3.05) is 24.1 Å². The number of anilines is 1. The number of nitrogens with zero attached hydrogens (tertiary/aromatic N) is 3. The number of benzene rings is 2. The molecule has 4 rings (SSSR count). The zero-order valence-electron chi connectivity index (χ0n) is 21.1. The van der Waals surface area contributed by atoms with Gasteiger partial charge in [0.2, 0.25) is 16.0 Å². The van der Waals surface area contributed by atoms with Crippen LogP contribution in [0.15, 0.2) is 48.7 Å². The first kappa shape index (κ1) is 27.6. The topological polar surface area (TPSA) is 105 Å². The van der Waals surface area contributed by atoms with Crippen molar-refractivity contribution in [1.29, 1.82) is 0 Å². The molecular weight excluding hydrogens is 535 g/mol. The normalized spacial score (nSPS) is 15.8. The Balaban J connectivity index is 1.43. The number of sulfonamides is 1. The van der Waals surface area contributed by atoms with Crippen LogP contribution < -0.4 is 9.46 Å². The lowest BCUT2D eigenvalue weighted by Crippen LogP contribution is -2.59. The van der Waals surface area contributed by atoms with E-state index in [-0.39, 0.29) is 18.0 Å². The van der Waals surface area contributed by atoms with Gasteiger partial charge in [-0.1, -0.05) is 49.2 Å². The Labute approximate surface area is 227 Å². The molecule has 1 aliphatic rings. The maximum atomic E-state index is 11.4. The highest BCUT2D eigenvalue weighted by atomic mass is 35.5. The third-order valence-electron chi connectivity index (χ3n) is 6.33. The Kier molecular flexibility index (Phi) is 7.74. The summed E-state index contributed by atoms with van der Waals surface area (Å²) in [5.41, 5.74) is 2.43. The number of aliphatic hydroxyl groups is 1. The summed E-state index contributed by atoms with van der Waals surface area (Å²) in [5.74, 6) is 0.647. The molecule has 0 saturated carbocycles. The van der Waals surface area contributed by atoms with Gasteiger partial charge in [-0.25, -0.2) is 18.4 Å². The van der Waals surface area contributed by atoms with Crippen LogP contribution in [0.2, 0.25) is 10.0 Å².